The van der Waals surface area contributed by atoms with Crippen molar-refractivity contribution in [1.82, 2.24) is 14.8 Å². The summed E-state index contributed by atoms with van der Waals surface area (Å²) in [5.74, 6) is 0.1000. The monoisotopic (exact) mass is 265 g/mol. The van der Waals surface area contributed by atoms with E-state index in [1.807, 2.05) is 0 Å². The molecule has 5 heteroatoms. The van der Waals surface area contributed by atoms with Crippen molar-refractivity contribution < 1.29 is 9.53 Å². The summed E-state index contributed by atoms with van der Waals surface area (Å²) in [5.41, 5.74) is 1.29. The number of rotatable bonds is 6. The maximum Gasteiger partial charge on any atom is 0.234 e. The zero-order chi connectivity index (χ0) is 13.7. The first-order chi connectivity index (χ1) is 9.22. The van der Waals surface area contributed by atoms with Crippen molar-refractivity contribution in [2.75, 3.05) is 33.4 Å². The highest BCUT2D eigenvalue weighted by Gasteiger charge is 2.24. The molecule has 1 atom stereocenters. The summed E-state index contributed by atoms with van der Waals surface area (Å²) in [6.07, 6.45) is 2.97. The van der Waals surface area contributed by atoms with Gasteiger partial charge in [0.15, 0.2) is 0 Å². The van der Waals surface area contributed by atoms with Crippen molar-refractivity contribution in [2.24, 2.45) is 0 Å². The van der Waals surface area contributed by atoms with E-state index in [1.165, 1.54) is 5.69 Å². The van der Waals surface area contributed by atoms with Crippen molar-refractivity contribution in [2.45, 2.75) is 25.9 Å². The zero-order valence-corrected chi connectivity index (χ0v) is 11.8. The lowest BCUT2D eigenvalue weighted by Crippen LogP contribution is -2.43. The number of fused-ring (bicyclic) bond motifs is 1. The molecule has 106 valence electrons. The van der Waals surface area contributed by atoms with E-state index < -0.39 is 0 Å². The summed E-state index contributed by atoms with van der Waals surface area (Å²) in [4.78, 5) is 14.1. The largest absolute Gasteiger partial charge is 0.385 e. The normalized spacial score (nSPS) is 19.2. The van der Waals surface area contributed by atoms with Crippen LogP contribution in [0.15, 0.2) is 18.3 Å². The molecule has 1 amide bonds. The van der Waals surface area contributed by atoms with E-state index in [0.717, 1.165) is 19.5 Å². The second-order valence-electron chi connectivity index (χ2n) is 4.97. The van der Waals surface area contributed by atoms with Crippen LogP contribution in [0.2, 0.25) is 0 Å². The molecule has 5 nitrogen and oxygen atoms in total. The number of ether oxygens (including phenoxy) is 1. The van der Waals surface area contributed by atoms with Crippen molar-refractivity contribution in [3.8, 4) is 0 Å². The molecule has 2 heterocycles. The number of hydrogen-bond acceptors (Lipinski definition) is 3. The zero-order valence-electron chi connectivity index (χ0n) is 11.8. The molecular formula is C14H23N3O2. The smallest absolute Gasteiger partial charge is 0.234 e. The molecule has 0 saturated carbocycles. The highest BCUT2D eigenvalue weighted by molar-refractivity contribution is 5.78. The predicted molar refractivity (Wildman–Crippen MR) is 73.9 cm³/mol. The van der Waals surface area contributed by atoms with Crippen LogP contribution in [0.3, 0.4) is 0 Å². The molecule has 1 aliphatic heterocycles. The van der Waals surface area contributed by atoms with Gasteiger partial charge in [-0.2, -0.15) is 0 Å². The Morgan fingerprint density at radius 2 is 2.37 bits per heavy atom. The third-order valence-electron chi connectivity index (χ3n) is 3.66. The van der Waals surface area contributed by atoms with Crippen LogP contribution in [0.1, 0.15) is 25.1 Å². The van der Waals surface area contributed by atoms with Gasteiger partial charge in [0, 0.05) is 51.3 Å². The van der Waals surface area contributed by atoms with E-state index >= 15 is 0 Å². The maximum absolute atomic E-state index is 11.9. The Balaban J connectivity index is 1.79. The molecule has 1 aromatic heterocycles. The number of hydrogen-bond donors (Lipinski definition) is 1. The minimum absolute atomic E-state index is 0.1000. The molecule has 1 aromatic rings. The van der Waals surface area contributed by atoms with E-state index in [-0.39, 0.29) is 5.91 Å². The van der Waals surface area contributed by atoms with E-state index in [9.17, 15) is 4.79 Å². The van der Waals surface area contributed by atoms with Gasteiger partial charge in [-0.25, -0.2) is 0 Å². The fourth-order valence-electron chi connectivity index (χ4n) is 2.53. The molecule has 0 aliphatic carbocycles. The highest BCUT2D eigenvalue weighted by Crippen LogP contribution is 2.24. The molecule has 0 radical (unpaired) electrons. The molecule has 0 saturated heterocycles. The molecule has 0 aromatic carbocycles. The summed E-state index contributed by atoms with van der Waals surface area (Å²) < 4.78 is 7.22. The third kappa shape index (κ3) is 3.58. The van der Waals surface area contributed by atoms with Crippen LogP contribution in [0.25, 0.3) is 0 Å². The van der Waals surface area contributed by atoms with E-state index in [2.05, 4.69) is 40.0 Å². The summed E-state index contributed by atoms with van der Waals surface area (Å²) in [6, 6.07) is 4.50. The van der Waals surface area contributed by atoms with Gasteiger partial charge in [0.25, 0.3) is 0 Å². The van der Waals surface area contributed by atoms with Gasteiger partial charge in [-0.15, -0.1) is 0 Å². The van der Waals surface area contributed by atoms with Crippen LogP contribution in [0, 0.1) is 0 Å². The number of nitrogens with zero attached hydrogens (tertiary/aromatic N) is 2. The molecule has 0 fully saturated rings. The van der Waals surface area contributed by atoms with Crippen LogP contribution >= 0.6 is 0 Å². The number of nitrogens with one attached hydrogen (secondary N) is 1. The number of carbonyl (C=O) groups is 1. The third-order valence-corrected chi connectivity index (χ3v) is 3.66. The molecule has 2 rings (SSSR count). The quantitative estimate of drug-likeness (QED) is 0.781. The average molecular weight is 265 g/mol. The summed E-state index contributed by atoms with van der Waals surface area (Å²) in [5, 5.41) is 2.94. The van der Waals surface area contributed by atoms with Gasteiger partial charge in [0.05, 0.1) is 6.54 Å². The molecule has 0 spiro atoms. The summed E-state index contributed by atoms with van der Waals surface area (Å²) in [7, 11) is 1.67. The maximum atomic E-state index is 11.9. The average Bonchev–Trinajstić information content (AvgIpc) is 2.87. The molecule has 19 heavy (non-hydrogen) atoms. The number of carbonyl (C=O) groups excluding carboxylic acids is 1. The molecular weight excluding hydrogens is 242 g/mol. The Morgan fingerprint density at radius 3 is 3.16 bits per heavy atom. The lowest BCUT2D eigenvalue weighted by atomic mass is 10.1. The predicted octanol–water partition coefficient (Wildman–Crippen LogP) is 1.02. The Labute approximate surface area is 114 Å². The van der Waals surface area contributed by atoms with Gasteiger partial charge in [-0.05, 0) is 25.5 Å². The topological polar surface area (TPSA) is 46.5 Å². The molecule has 1 N–H and O–H groups in total. The summed E-state index contributed by atoms with van der Waals surface area (Å²) in [6.45, 7) is 5.89. The SMILES string of the molecule is COCCCNC(=O)CN1CCn2cccc2[C@H]1C. The van der Waals surface area contributed by atoms with Crippen LogP contribution in [0.5, 0.6) is 0 Å². The van der Waals surface area contributed by atoms with Crippen molar-refractivity contribution in [1.29, 1.82) is 0 Å². The van der Waals surface area contributed by atoms with Gasteiger partial charge in [0.1, 0.15) is 0 Å². The van der Waals surface area contributed by atoms with Gasteiger partial charge < -0.3 is 14.6 Å². The van der Waals surface area contributed by atoms with Crippen LogP contribution < -0.4 is 5.32 Å². The first-order valence-corrected chi connectivity index (χ1v) is 6.87. The highest BCUT2D eigenvalue weighted by atomic mass is 16.5. The number of methoxy groups -OCH3 is 1. The second-order valence-corrected chi connectivity index (χ2v) is 4.97. The fourth-order valence-corrected chi connectivity index (χ4v) is 2.53. The van der Waals surface area contributed by atoms with Crippen molar-refractivity contribution in [3.63, 3.8) is 0 Å². The van der Waals surface area contributed by atoms with Crippen LogP contribution in [-0.2, 0) is 16.1 Å². The van der Waals surface area contributed by atoms with Gasteiger partial charge in [-0.1, -0.05) is 0 Å². The molecule has 0 bridgehead atoms. The van der Waals surface area contributed by atoms with Crippen molar-refractivity contribution >= 4 is 5.91 Å². The lowest BCUT2D eigenvalue weighted by Gasteiger charge is -2.34. The van der Waals surface area contributed by atoms with Gasteiger partial charge >= 0.3 is 0 Å². The molecule has 0 unspecified atom stereocenters. The Kier molecular flexibility index (Phi) is 4.99. The first-order valence-electron chi connectivity index (χ1n) is 6.87. The van der Waals surface area contributed by atoms with Crippen LogP contribution in [0.4, 0.5) is 0 Å². The van der Waals surface area contributed by atoms with E-state index in [1.54, 1.807) is 7.11 Å². The van der Waals surface area contributed by atoms with E-state index in [0.29, 0.717) is 25.7 Å². The van der Waals surface area contributed by atoms with Gasteiger partial charge in [-0.3, -0.25) is 9.69 Å². The second kappa shape index (κ2) is 6.73. The fraction of sp³-hybridized carbons (Fsp3) is 0.643. The summed E-state index contributed by atoms with van der Waals surface area (Å²) >= 11 is 0. The van der Waals surface area contributed by atoms with Crippen molar-refractivity contribution in [3.05, 3.63) is 24.0 Å². The molecule has 1 aliphatic rings. The Morgan fingerprint density at radius 1 is 1.53 bits per heavy atom. The number of aromatic nitrogens is 1. The minimum atomic E-state index is 0.1000. The van der Waals surface area contributed by atoms with Crippen LogP contribution in [-0.4, -0.2) is 48.7 Å². The first kappa shape index (κ1) is 14.1. The lowest BCUT2D eigenvalue weighted by molar-refractivity contribution is -0.123. The minimum Gasteiger partial charge on any atom is -0.385 e. The number of amides is 1. The Bertz CT molecular complexity index is 417. The Hall–Kier alpha value is -1.33. The standard InChI is InChI=1S/C14H23N3O2/c1-12-13-5-3-7-16(13)8-9-17(12)11-14(18)15-6-4-10-19-2/h3,5,7,12H,4,6,8-11H2,1-2H3,(H,15,18)/t12-/m1/s1. The van der Waals surface area contributed by atoms with E-state index in [4.69, 9.17) is 4.74 Å². The van der Waals surface area contributed by atoms with Gasteiger partial charge in [0.2, 0.25) is 5.91 Å².